The number of hydrogen-bond acceptors (Lipinski definition) is 5. The number of phenolic OH excluding ortho intramolecular Hbond substituents is 2. The normalized spacial score (nSPS) is 23.9. The molecule has 0 radical (unpaired) electrons. The minimum Gasteiger partial charge on any atom is -0.508 e. The Kier molecular flexibility index (Phi) is 4.01. The molecule has 1 aliphatic rings. The Morgan fingerprint density at radius 3 is 2.47 bits per heavy atom. The van der Waals surface area contributed by atoms with Gasteiger partial charge in [0.25, 0.3) is 0 Å². The van der Waals surface area contributed by atoms with Gasteiger partial charge < -0.3 is 15.5 Å². The van der Waals surface area contributed by atoms with Crippen LogP contribution in [0.25, 0.3) is 0 Å². The lowest BCUT2D eigenvalue weighted by Gasteiger charge is -2.27. The average Bonchev–Trinajstić information content (AvgIpc) is 2.26. The Morgan fingerprint density at radius 2 is 1.89 bits per heavy atom. The molecule has 1 aromatic carbocycles. The molecular formula is C13H19NO4S. The minimum atomic E-state index is -2.94. The van der Waals surface area contributed by atoms with Crippen molar-refractivity contribution in [2.45, 2.75) is 31.8 Å². The van der Waals surface area contributed by atoms with Gasteiger partial charge in [0.15, 0.2) is 9.84 Å². The maximum atomic E-state index is 11.6. The van der Waals surface area contributed by atoms with E-state index >= 15 is 0 Å². The van der Waals surface area contributed by atoms with Crippen LogP contribution in [0.2, 0.25) is 0 Å². The van der Waals surface area contributed by atoms with E-state index < -0.39 is 9.84 Å². The zero-order valence-electron chi connectivity index (χ0n) is 10.8. The standard InChI is InChI=1S/C13H19NO4S/c1-9(10-5-12(15)7-13(16)6-10)14-11-3-2-4-19(17,18)8-11/h5-7,9,11,14-16H,2-4,8H2,1H3. The molecule has 0 bridgehead atoms. The van der Waals surface area contributed by atoms with Crippen LogP contribution in [-0.2, 0) is 9.84 Å². The molecule has 1 heterocycles. The molecule has 1 saturated heterocycles. The summed E-state index contributed by atoms with van der Waals surface area (Å²) in [6.07, 6.45) is 1.51. The zero-order chi connectivity index (χ0) is 14.0. The van der Waals surface area contributed by atoms with E-state index in [1.54, 1.807) is 12.1 Å². The second-order valence-corrected chi connectivity index (χ2v) is 7.35. The summed E-state index contributed by atoms with van der Waals surface area (Å²) in [5.74, 6) is 0.425. The van der Waals surface area contributed by atoms with E-state index in [1.807, 2.05) is 6.92 Å². The second kappa shape index (κ2) is 5.38. The highest BCUT2D eigenvalue weighted by Gasteiger charge is 2.25. The molecule has 0 aliphatic carbocycles. The van der Waals surface area contributed by atoms with Gasteiger partial charge in [0.1, 0.15) is 11.5 Å². The van der Waals surface area contributed by atoms with Crippen LogP contribution < -0.4 is 5.32 Å². The molecule has 6 heteroatoms. The molecule has 0 spiro atoms. The minimum absolute atomic E-state index is 0.0000781. The van der Waals surface area contributed by atoms with Gasteiger partial charge >= 0.3 is 0 Å². The van der Waals surface area contributed by atoms with Crippen LogP contribution in [0.4, 0.5) is 0 Å². The van der Waals surface area contributed by atoms with Crippen molar-refractivity contribution >= 4 is 9.84 Å². The summed E-state index contributed by atoms with van der Waals surface area (Å²) in [6, 6.07) is 4.19. The summed E-state index contributed by atoms with van der Waals surface area (Å²) in [4.78, 5) is 0. The topological polar surface area (TPSA) is 86.6 Å². The summed E-state index contributed by atoms with van der Waals surface area (Å²) in [6.45, 7) is 1.88. The Balaban J connectivity index is 2.06. The molecule has 1 fully saturated rings. The lowest BCUT2D eigenvalue weighted by molar-refractivity contribution is 0.426. The highest BCUT2D eigenvalue weighted by atomic mass is 32.2. The maximum absolute atomic E-state index is 11.6. The van der Waals surface area contributed by atoms with E-state index in [-0.39, 0.29) is 35.1 Å². The van der Waals surface area contributed by atoms with E-state index in [0.29, 0.717) is 6.42 Å². The molecule has 0 saturated carbocycles. The Hall–Kier alpha value is -1.27. The van der Waals surface area contributed by atoms with Crippen molar-refractivity contribution in [1.29, 1.82) is 0 Å². The Labute approximate surface area is 113 Å². The van der Waals surface area contributed by atoms with Crippen molar-refractivity contribution in [2.75, 3.05) is 11.5 Å². The van der Waals surface area contributed by atoms with E-state index in [2.05, 4.69) is 5.32 Å². The van der Waals surface area contributed by atoms with Gasteiger partial charge in [-0.15, -0.1) is 0 Å². The zero-order valence-corrected chi connectivity index (χ0v) is 11.7. The summed E-state index contributed by atoms with van der Waals surface area (Å²) in [5.41, 5.74) is 0.737. The number of sulfone groups is 1. The lowest BCUT2D eigenvalue weighted by atomic mass is 10.1. The molecule has 19 heavy (non-hydrogen) atoms. The summed E-state index contributed by atoms with van der Waals surface area (Å²) < 4.78 is 23.1. The van der Waals surface area contributed by atoms with Crippen molar-refractivity contribution in [1.82, 2.24) is 5.32 Å². The van der Waals surface area contributed by atoms with E-state index in [4.69, 9.17) is 0 Å². The van der Waals surface area contributed by atoms with Gasteiger partial charge in [-0.1, -0.05) is 0 Å². The Bertz CT molecular complexity index is 536. The van der Waals surface area contributed by atoms with Gasteiger partial charge in [-0.3, -0.25) is 0 Å². The molecule has 0 aromatic heterocycles. The number of aromatic hydroxyl groups is 2. The van der Waals surface area contributed by atoms with E-state index in [1.165, 1.54) is 6.07 Å². The quantitative estimate of drug-likeness (QED) is 0.780. The monoisotopic (exact) mass is 285 g/mol. The van der Waals surface area contributed by atoms with Crippen molar-refractivity contribution in [3.05, 3.63) is 23.8 Å². The highest BCUT2D eigenvalue weighted by molar-refractivity contribution is 7.91. The van der Waals surface area contributed by atoms with Crippen molar-refractivity contribution in [3.8, 4) is 11.5 Å². The summed E-state index contributed by atoms with van der Waals surface area (Å²) in [5, 5.41) is 22.1. The fraction of sp³-hybridized carbons (Fsp3) is 0.538. The third-order valence-electron chi connectivity index (χ3n) is 3.37. The number of phenols is 2. The largest absolute Gasteiger partial charge is 0.508 e. The fourth-order valence-electron chi connectivity index (χ4n) is 2.47. The van der Waals surface area contributed by atoms with Crippen LogP contribution >= 0.6 is 0 Å². The molecule has 2 rings (SSSR count). The van der Waals surface area contributed by atoms with E-state index in [9.17, 15) is 18.6 Å². The molecule has 1 aliphatic heterocycles. The first-order valence-electron chi connectivity index (χ1n) is 6.35. The smallest absolute Gasteiger partial charge is 0.151 e. The predicted octanol–water partition coefficient (Wildman–Crippen LogP) is 1.33. The van der Waals surface area contributed by atoms with Gasteiger partial charge in [0.05, 0.1) is 11.5 Å². The molecule has 5 nitrogen and oxygen atoms in total. The van der Waals surface area contributed by atoms with Gasteiger partial charge in [-0.2, -0.15) is 0 Å². The SMILES string of the molecule is CC(NC1CCCS(=O)(=O)C1)c1cc(O)cc(O)c1. The lowest BCUT2D eigenvalue weighted by Crippen LogP contribution is -2.41. The van der Waals surface area contributed by atoms with Gasteiger partial charge in [0.2, 0.25) is 0 Å². The van der Waals surface area contributed by atoms with Gasteiger partial charge in [0, 0.05) is 18.2 Å². The maximum Gasteiger partial charge on any atom is 0.151 e. The van der Waals surface area contributed by atoms with Crippen LogP contribution in [0.15, 0.2) is 18.2 Å². The van der Waals surface area contributed by atoms with Crippen LogP contribution in [0.3, 0.4) is 0 Å². The number of hydrogen-bond donors (Lipinski definition) is 3. The van der Waals surface area contributed by atoms with Gasteiger partial charge in [-0.05, 0) is 37.5 Å². The van der Waals surface area contributed by atoms with Crippen LogP contribution in [0.1, 0.15) is 31.4 Å². The molecular weight excluding hydrogens is 266 g/mol. The number of nitrogens with one attached hydrogen (secondary N) is 1. The average molecular weight is 285 g/mol. The molecule has 3 N–H and O–H groups in total. The number of benzene rings is 1. The fourth-order valence-corrected chi connectivity index (χ4v) is 4.12. The van der Waals surface area contributed by atoms with Crippen molar-refractivity contribution in [3.63, 3.8) is 0 Å². The van der Waals surface area contributed by atoms with E-state index in [0.717, 1.165) is 12.0 Å². The molecule has 1 aromatic rings. The predicted molar refractivity (Wildman–Crippen MR) is 73.0 cm³/mol. The Morgan fingerprint density at radius 1 is 1.26 bits per heavy atom. The third-order valence-corrected chi connectivity index (χ3v) is 5.19. The first-order chi connectivity index (χ1) is 8.85. The summed E-state index contributed by atoms with van der Waals surface area (Å²) >= 11 is 0. The van der Waals surface area contributed by atoms with Crippen LogP contribution in [0.5, 0.6) is 11.5 Å². The molecule has 106 valence electrons. The first-order valence-corrected chi connectivity index (χ1v) is 8.17. The molecule has 2 atom stereocenters. The molecule has 0 amide bonds. The van der Waals surface area contributed by atoms with Crippen molar-refractivity contribution in [2.24, 2.45) is 0 Å². The van der Waals surface area contributed by atoms with Crippen molar-refractivity contribution < 1.29 is 18.6 Å². The first kappa shape index (κ1) is 14.1. The molecule has 2 unspecified atom stereocenters. The highest BCUT2D eigenvalue weighted by Crippen LogP contribution is 2.25. The third kappa shape index (κ3) is 3.84. The second-order valence-electron chi connectivity index (χ2n) is 5.12. The van der Waals surface area contributed by atoms with Gasteiger partial charge in [-0.25, -0.2) is 8.42 Å². The number of rotatable bonds is 3. The van der Waals surface area contributed by atoms with Crippen LogP contribution in [0, 0.1) is 0 Å². The van der Waals surface area contributed by atoms with Crippen LogP contribution in [-0.4, -0.2) is 36.2 Å². The summed E-state index contributed by atoms with van der Waals surface area (Å²) in [7, 11) is -2.94.